The average Bonchev–Trinajstić information content (AvgIpc) is 2.47. The molecule has 0 saturated carbocycles. The van der Waals surface area contributed by atoms with E-state index in [0.717, 1.165) is 17.2 Å². The maximum absolute atomic E-state index is 5.11. The Morgan fingerprint density at radius 3 is 2.58 bits per heavy atom. The summed E-state index contributed by atoms with van der Waals surface area (Å²) in [4.78, 5) is 3.00. The second-order valence-electron chi connectivity index (χ2n) is 3.10. The standard InChI is InChI=1S/C9H16N2S/c1-3-8(4-2)7-11-6-5-10-9(11)12/h5-6,8H,3-4,7H2,1-2H3,(H,10,12). The highest BCUT2D eigenvalue weighted by atomic mass is 32.1. The number of H-pyrrole nitrogens is 1. The van der Waals surface area contributed by atoms with Gasteiger partial charge in [0.05, 0.1) is 0 Å². The third-order valence-electron chi connectivity index (χ3n) is 2.33. The number of rotatable bonds is 4. The third-order valence-corrected chi connectivity index (χ3v) is 2.68. The Morgan fingerprint density at radius 1 is 1.50 bits per heavy atom. The van der Waals surface area contributed by atoms with E-state index in [1.165, 1.54) is 12.8 Å². The van der Waals surface area contributed by atoms with Gasteiger partial charge in [0.2, 0.25) is 0 Å². The summed E-state index contributed by atoms with van der Waals surface area (Å²) >= 11 is 5.11. The molecule has 0 radical (unpaired) electrons. The number of nitrogens with one attached hydrogen (secondary N) is 1. The molecular formula is C9H16N2S. The lowest BCUT2D eigenvalue weighted by Gasteiger charge is -2.12. The Bertz CT molecular complexity index is 270. The zero-order chi connectivity index (χ0) is 8.97. The van der Waals surface area contributed by atoms with E-state index >= 15 is 0 Å². The lowest BCUT2D eigenvalue weighted by molar-refractivity contribution is 0.416. The average molecular weight is 184 g/mol. The Balaban J connectivity index is 2.62. The van der Waals surface area contributed by atoms with Gasteiger partial charge in [-0.25, -0.2) is 0 Å². The maximum atomic E-state index is 5.11. The summed E-state index contributed by atoms with van der Waals surface area (Å²) in [6.07, 6.45) is 6.36. The number of aromatic amines is 1. The number of aromatic nitrogens is 2. The Labute approximate surface area is 78.6 Å². The van der Waals surface area contributed by atoms with Gasteiger partial charge in [-0.2, -0.15) is 0 Å². The van der Waals surface area contributed by atoms with Gasteiger partial charge < -0.3 is 9.55 Å². The van der Waals surface area contributed by atoms with Gasteiger partial charge in [0, 0.05) is 18.9 Å². The molecule has 12 heavy (non-hydrogen) atoms. The largest absolute Gasteiger partial charge is 0.337 e. The predicted octanol–water partition coefficient (Wildman–Crippen LogP) is 2.98. The summed E-state index contributed by atoms with van der Waals surface area (Å²) in [6.45, 7) is 5.50. The van der Waals surface area contributed by atoms with Crippen LogP contribution < -0.4 is 0 Å². The molecule has 1 N–H and O–H groups in total. The summed E-state index contributed by atoms with van der Waals surface area (Å²) in [5.74, 6) is 0.757. The molecule has 0 aliphatic carbocycles. The Hall–Kier alpha value is -0.570. The molecule has 0 fully saturated rings. The molecule has 0 amide bonds. The summed E-state index contributed by atoms with van der Waals surface area (Å²) in [6, 6.07) is 0. The van der Waals surface area contributed by atoms with Crippen LogP contribution in [0.5, 0.6) is 0 Å². The van der Waals surface area contributed by atoms with Gasteiger partial charge in [0.15, 0.2) is 4.77 Å². The van der Waals surface area contributed by atoms with Crippen molar-refractivity contribution >= 4 is 12.2 Å². The first-order chi connectivity index (χ1) is 5.77. The zero-order valence-electron chi connectivity index (χ0n) is 7.71. The van der Waals surface area contributed by atoms with Gasteiger partial charge in [-0.1, -0.05) is 26.7 Å². The van der Waals surface area contributed by atoms with E-state index in [2.05, 4.69) is 23.4 Å². The van der Waals surface area contributed by atoms with Crippen LogP contribution in [0.25, 0.3) is 0 Å². The molecule has 3 heteroatoms. The van der Waals surface area contributed by atoms with E-state index in [0.29, 0.717) is 0 Å². The van der Waals surface area contributed by atoms with Crippen LogP contribution in [0.1, 0.15) is 26.7 Å². The molecule has 0 aliphatic heterocycles. The van der Waals surface area contributed by atoms with Crippen LogP contribution in [-0.2, 0) is 6.54 Å². The normalized spacial score (nSPS) is 10.9. The summed E-state index contributed by atoms with van der Waals surface area (Å²) in [7, 11) is 0. The minimum Gasteiger partial charge on any atom is -0.337 e. The van der Waals surface area contributed by atoms with E-state index < -0.39 is 0 Å². The minimum absolute atomic E-state index is 0.757. The molecule has 1 rings (SSSR count). The summed E-state index contributed by atoms with van der Waals surface area (Å²) < 4.78 is 2.94. The van der Waals surface area contributed by atoms with E-state index in [4.69, 9.17) is 12.2 Å². The monoisotopic (exact) mass is 184 g/mol. The SMILES string of the molecule is CCC(CC)Cn1cc[nH]c1=S. The molecule has 0 bridgehead atoms. The van der Waals surface area contributed by atoms with Crippen molar-refractivity contribution in [2.45, 2.75) is 33.2 Å². The zero-order valence-corrected chi connectivity index (χ0v) is 8.53. The molecule has 0 aromatic carbocycles. The molecule has 0 spiro atoms. The van der Waals surface area contributed by atoms with Crippen molar-refractivity contribution in [3.63, 3.8) is 0 Å². The van der Waals surface area contributed by atoms with Gasteiger partial charge in [-0.15, -0.1) is 0 Å². The highest BCUT2D eigenvalue weighted by molar-refractivity contribution is 7.71. The first-order valence-corrected chi connectivity index (χ1v) is 4.92. The fourth-order valence-corrected chi connectivity index (χ4v) is 1.52. The van der Waals surface area contributed by atoms with Crippen LogP contribution in [0.4, 0.5) is 0 Å². The van der Waals surface area contributed by atoms with Crippen molar-refractivity contribution in [3.05, 3.63) is 17.2 Å². The second kappa shape index (κ2) is 4.45. The van der Waals surface area contributed by atoms with Crippen LogP contribution in [0.15, 0.2) is 12.4 Å². The van der Waals surface area contributed by atoms with Gasteiger partial charge in [0.1, 0.15) is 0 Å². The lowest BCUT2D eigenvalue weighted by Crippen LogP contribution is -2.08. The van der Waals surface area contributed by atoms with E-state index in [-0.39, 0.29) is 0 Å². The van der Waals surface area contributed by atoms with Crippen molar-refractivity contribution in [1.29, 1.82) is 0 Å². The number of hydrogen-bond donors (Lipinski definition) is 1. The minimum atomic E-state index is 0.757. The van der Waals surface area contributed by atoms with Crippen molar-refractivity contribution in [1.82, 2.24) is 9.55 Å². The van der Waals surface area contributed by atoms with Crippen LogP contribution in [0, 0.1) is 10.7 Å². The second-order valence-corrected chi connectivity index (χ2v) is 3.49. The summed E-state index contributed by atoms with van der Waals surface area (Å²) in [5, 5.41) is 0. The molecule has 2 nitrogen and oxygen atoms in total. The maximum Gasteiger partial charge on any atom is 0.177 e. The van der Waals surface area contributed by atoms with Crippen LogP contribution >= 0.6 is 12.2 Å². The Kier molecular flexibility index (Phi) is 3.53. The number of imidazole rings is 1. The first-order valence-electron chi connectivity index (χ1n) is 4.51. The molecule has 0 saturated heterocycles. The third kappa shape index (κ3) is 2.21. The van der Waals surface area contributed by atoms with Crippen molar-refractivity contribution in [2.24, 2.45) is 5.92 Å². The van der Waals surface area contributed by atoms with Gasteiger partial charge in [0.25, 0.3) is 0 Å². The molecular weight excluding hydrogens is 168 g/mol. The van der Waals surface area contributed by atoms with Crippen molar-refractivity contribution in [2.75, 3.05) is 0 Å². The molecule has 0 aliphatic rings. The van der Waals surface area contributed by atoms with E-state index in [1.54, 1.807) is 0 Å². The Morgan fingerprint density at radius 2 is 2.17 bits per heavy atom. The highest BCUT2D eigenvalue weighted by Gasteiger charge is 2.03. The van der Waals surface area contributed by atoms with E-state index in [9.17, 15) is 0 Å². The number of nitrogens with zero attached hydrogens (tertiary/aromatic N) is 1. The van der Waals surface area contributed by atoms with E-state index in [1.807, 2.05) is 12.4 Å². The van der Waals surface area contributed by atoms with Crippen LogP contribution in [0.2, 0.25) is 0 Å². The molecule has 68 valence electrons. The molecule has 0 atom stereocenters. The lowest BCUT2D eigenvalue weighted by atomic mass is 10.0. The quantitative estimate of drug-likeness (QED) is 0.713. The smallest absolute Gasteiger partial charge is 0.177 e. The number of hydrogen-bond acceptors (Lipinski definition) is 1. The molecule has 1 heterocycles. The fourth-order valence-electron chi connectivity index (χ4n) is 1.32. The predicted molar refractivity (Wildman–Crippen MR) is 53.7 cm³/mol. The van der Waals surface area contributed by atoms with Gasteiger partial charge in [-0.3, -0.25) is 0 Å². The van der Waals surface area contributed by atoms with Gasteiger partial charge in [-0.05, 0) is 18.1 Å². The topological polar surface area (TPSA) is 20.7 Å². The van der Waals surface area contributed by atoms with Crippen LogP contribution in [0.3, 0.4) is 0 Å². The molecule has 1 aromatic heterocycles. The molecule has 0 unspecified atom stereocenters. The molecule has 1 aromatic rings. The summed E-state index contributed by atoms with van der Waals surface area (Å²) in [5.41, 5.74) is 0. The van der Waals surface area contributed by atoms with Gasteiger partial charge >= 0.3 is 0 Å². The van der Waals surface area contributed by atoms with Crippen molar-refractivity contribution < 1.29 is 0 Å². The first kappa shape index (κ1) is 9.52. The highest BCUT2D eigenvalue weighted by Crippen LogP contribution is 2.10. The fraction of sp³-hybridized carbons (Fsp3) is 0.667. The van der Waals surface area contributed by atoms with Crippen molar-refractivity contribution in [3.8, 4) is 0 Å². The van der Waals surface area contributed by atoms with Crippen LogP contribution in [-0.4, -0.2) is 9.55 Å².